The molecule has 1 saturated heterocycles. The molecule has 1 atom stereocenters. The van der Waals surface area contributed by atoms with Gasteiger partial charge in [0, 0.05) is 56.0 Å². The standard InChI is InChI=1S/C24H33N5OS/c1-17-7-9-18(10-8-17)22-27-21(16-31-22)11-13-26-24(25-2)28-20-12-14-29(15-20)23(30)19-5-3-4-6-19/h7-10,16,19-20H,3-6,11-15H2,1-2H3,(H2,25,26,28). The van der Waals surface area contributed by atoms with Crippen LogP contribution in [0.3, 0.4) is 0 Å². The zero-order chi connectivity index (χ0) is 21.6. The fourth-order valence-corrected chi connectivity index (χ4v) is 5.32. The quantitative estimate of drug-likeness (QED) is 0.533. The number of hydrogen-bond acceptors (Lipinski definition) is 4. The van der Waals surface area contributed by atoms with E-state index >= 15 is 0 Å². The van der Waals surface area contributed by atoms with Gasteiger partial charge in [-0.15, -0.1) is 11.3 Å². The molecule has 7 heteroatoms. The predicted octanol–water partition coefficient (Wildman–Crippen LogP) is 3.62. The summed E-state index contributed by atoms with van der Waals surface area (Å²) in [5.74, 6) is 1.42. The Morgan fingerprint density at radius 3 is 2.74 bits per heavy atom. The SMILES string of the molecule is CN=C(NCCc1csc(-c2ccc(C)cc2)n1)NC1CCN(C(=O)C2CCCC2)C1. The van der Waals surface area contributed by atoms with E-state index in [1.165, 1.54) is 24.0 Å². The van der Waals surface area contributed by atoms with Gasteiger partial charge in [0.1, 0.15) is 5.01 Å². The monoisotopic (exact) mass is 439 g/mol. The van der Waals surface area contributed by atoms with E-state index in [2.05, 4.69) is 52.2 Å². The molecule has 2 aliphatic rings. The van der Waals surface area contributed by atoms with Crippen molar-refractivity contribution in [1.82, 2.24) is 20.5 Å². The molecular weight excluding hydrogens is 406 g/mol. The van der Waals surface area contributed by atoms with Crippen LogP contribution in [-0.2, 0) is 11.2 Å². The topological polar surface area (TPSA) is 69.6 Å². The molecule has 1 unspecified atom stereocenters. The lowest BCUT2D eigenvalue weighted by atomic mass is 10.1. The highest BCUT2D eigenvalue weighted by Gasteiger charge is 2.32. The van der Waals surface area contributed by atoms with Crippen molar-refractivity contribution < 1.29 is 4.79 Å². The second-order valence-corrected chi connectivity index (χ2v) is 9.51. The molecule has 166 valence electrons. The van der Waals surface area contributed by atoms with Crippen LogP contribution in [0.4, 0.5) is 0 Å². The summed E-state index contributed by atoms with van der Waals surface area (Å²) in [4.78, 5) is 23.8. The van der Waals surface area contributed by atoms with Crippen molar-refractivity contribution in [2.75, 3.05) is 26.7 Å². The third-order valence-corrected chi connectivity index (χ3v) is 7.23. The molecule has 6 nitrogen and oxygen atoms in total. The molecule has 0 radical (unpaired) electrons. The molecule has 1 aromatic heterocycles. The molecule has 2 N–H and O–H groups in total. The zero-order valence-corrected chi connectivity index (χ0v) is 19.4. The van der Waals surface area contributed by atoms with Gasteiger partial charge in [0.15, 0.2) is 5.96 Å². The summed E-state index contributed by atoms with van der Waals surface area (Å²) in [6.07, 6.45) is 6.37. The second-order valence-electron chi connectivity index (χ2n) is 8.65. The first-order chi connectivity index (χ1) is 15.1. The summed E-state index contributed by atoms with van der Waals surface area (Å²) >= 11 is 1.69. The van der Waals surface area contributed by atoms with E-state index in [1.54, 1.807) is 18.4 Å². The van der Waals surface area contributed by atoms with E-state index in [9.17, 15) is 4.79 Å². The number of carbonyl (C=O) groups is 1. The van der Waals surface area contributed by atoms with Crippen LogP contribution in [0.1, 0.15) is 43.4 Å². The number of aliphatic imine (C=N–C) groups is 1. The van der Waals surface area contributed by atoms with Crippen LogP contribution < -0.4 is 10.6 Å². The van der Waals surface area contributed by atoms with Gasteiger partial charge in [-0.1, -0.05) is 42.7 Å². The number of rotatable bonds is 6. The highest BCUT2D eigenvalue weighted by molar-refractivity contribution is 7.13. The van der Waals surface area contributed by atoms with Gasteiger partial charge in [0.2, 0.25) is 5.91 Å². The van der Waals surface area contributed by atoms with Gasteiger partial charge >= 0.3 is 0 Å². The maximum Gasteiger partial charge on any atom is 0.225 e. The Hall–Kier alpha value is -2.41. The lowest BCUT2D eigenvalue weighted by Crippen LogP contribution is -2.45. The molecule has 2 heterocycles. The zero-order valence-electron chi connectivity index (χ0n) is 18.6. The number of nitrogens with one attached hydrogen (secondary N) is 2. The molecule has 1 amide bonds. The molecule has 1 aliphatic carbocycles. The van der Waals surface area contributed by atoms with Gasteiger partial charge in [-0.05, 0) is 26.2 Å². The normalized spacial score (nSPS) is 19.7. The van der Waals surface area contributed by atoms with Crippen LogP contribution >= 0.6 is 11.3 Å². The first-order valence-electron chi connectivity index (χ1n) is 11.4. The summed E-state index contributed by atoms with van der Waals surface area (Å²) < 4.78 is 0. The van der Waals surface area contributed by atoms with E-state index < -0.39 is 0 Å². The van der Waals surface area contributed by atoms with E-state index in [1.807, 2.05) is 4.90 Å². The van der Waals surface area contributed by atoms with Crippen LogP contribution in [0.5, 0.6) is 0 Å². The number of carbonyl (C=O) groups excluding carboxylic acids is 1. The van der Waals surface area contributed by atoms with Gasteiger partial charge in [-0.2, -0.15) is 0 Å². The number of aromatic nitrogens is 1. The Morgan fingerprint density at radius 1 is 1.23 bits per heavy atom. The maximum absolute atomic E-state index is 12.6. The van der Waals surface area contributed by atoms with Gasteiger partial charge in [-0.25, -0.2) is 4.98 Å². The number of nitrogens with zero attached hydrogens (tertiary/aromatic N) is 3. The maximum atomic E-state index is 12.6. The van der Waals surface area contributed by atoms with Gasteiger partial charge in [0.05, 0.1) is 5.69 Å². The number of guanidine groups is 1. The number of amides is 1. The lowest BCUT2D eigenvalue weighted by molar-refractivity contribution is -0.134. The van der Waals surface area contributed by atoms with Crippen molar-refractivity contribution in [1.29, 1.82) is 0 Å². The first kappa shape index (κ1) is 21.8. The average Bonchev–Trinajstić information content (AvgIpc) is 3.55. The highest BCUT2D eigenvalue weighted by Crippen LogP contribution is 2.28. The third kappa shape index (κ3) is 5.64. The van der Waals surface area contributed by atoms with Crippen molar-refractivity contribution in [2.24, 2.45) is 10.9 Å². The van der Waals surface area contributed by atoms with Crippen LogP contribution in [0.2, 0.25) is 0 Å². The van der Waals surface area contributed by atoms with Crippen LogP contribution in [0.15, 0.2) is 34.6 Å². The molecule has 0 bridgehead atoms. The summed E-state index contributed by atoms with van der Waals surface area (Å²) in [7, 11) is 1.80. The Kier molecular flexibility index (Phi) is 7.22. The molecule has 2 aromatic rings. The van der Waals surface area contributed by atoms with Gasteiger partial charge in [0.25, 0.3) is 0 Å². The van der Waals surface area contributed by atoms with Crippen molar-refractivity contribution in [2.45, 2.75) is 51.5 Å². The summed E-state index contributed by atoms with van der Waals surface area (Å²) in [6.45, 7) is 4.50. The average molecular weight is 440 g/mol. The van der Waals surface area contributed by atoms with Crippen LogP contribution in [0, 0.1) is 12.8 Å². The number of thiazole rings is 1. The van der Waals surface area contributed by atoms with Crippen LogP contribution in [0.25, 0.3) is 10.6 Å². The Balaban J connectivity index is 1.21. The fourth-order valence-electron chi connectivity index (χ4n) is 4.46. The number of likely N-dealkylation sites (tertiary alicyclic amines) is 1. The van der Waals surface area contributed by atoms with Crippen molar-refractivity contribution >= 4 is 23.2 Å². The van der Waals surface area contributed by atoms with E-state index in [0.29, 0.717) is 5.91 Å². The number of benzene rings is 1. The minimum absolute atomic E-state index is 0.263. The van der Waals surface area contributed by atoms with Crippen molar-refractivity contribution in [3.8, 4) is 10.6 Å². The van der Waals surface area contributed by atoms with Gasteiger partial charge < -0.3 is 15.5 Å². The molecule has 31 heavy (non-hydrogen) atoms. The lowest BCUT2D eigenvalue weighted by Gasteiger charge is -2.21. The van der Waals surface area contributed by atoms with Crippen molar-refractivity contribution in [3.63, 3.8) is 0 Å². The fraction of sp³-hybridized carbons (Fsp3) is 0.542. The van der Waals surface area contributed by atoms with Crippen molar-refractivity contribution in [3.05, 3.63) is 40.9 Å². The number of aryl methyl sites for hydroxylation is 1. The molecule has 0 spiro atoms. The summed E-state index contributed by atoms with van der Waals surface area (Å²) in [6, 6.07) is 8.77. The molecule has 1 aromatic carbocycles. The smallest absolute Gasteiger partial charge is 0.225 e. The Labute approximate surface area is 189 Å². The molecular formula is C24H33N5OS. The van der Waals surface area contributed by atoms with E-state index in [0.717, 1.165) is 62.0 Å². The third-order valence-electron chi connectivity index (χ3n) is 6.29. The number of hydrogen-bond donors (Lipinski definition) is 2. The second kappa shape index (κ2) is 10.3. The van der Waals surface area contributed by atoms with Crippen LogP contribution in [-0.4, -0.2) is 54.5 Å². The Bertz CT molecular complexity index is 901. The molecule has 1 saturated carbocycles. The predicted molar refractivity (Wildman–Crippen MR) is 127 cm³/mol. The first-order valence-corrected chi connectivity index (χ1v) is 12.3. The largest absolute Gasteiger partial charge is 0.356 e. The minimum Gasteiger partial charge on any atom is -0.356 e. The van der Waals surface area contributed by atoms with Gasteiger partial charge in [-0.3, -0.25) is 9.79 Å². The van der Waals surface area contributed by atoms with E-state index in [-0.39, 0.29) is 12.0 Å². The minimum atomic E-state index is 0.263. The molecule has 4 rings (SSSR count). The Morgan fingerprint density at radius 2 is 2.00 bits per heavy atom. The molecule has 1 aliphatic heterocycles. The summed E-state index contributed by atoms with van der Waals surface area (Å²) in [5, 5.41) is 10.1. The van der Waals surface area contributed by atoms with E-state index in [4.69, 9.17) is 4.98 Å². The summed E-state index contributed by atoms with van der Waals surface area (Å²) in [5.41, 5.74) is 3.53. The molecule has 2 fully saturated rings. The highest BCUT2D eigenvalue weighted by atomic mass is 32.1.